The average molecular weight is 273 g/mol. The number of nitrogens with one attached hydrogen (secondary N) is 1. The number of nitrogens with zero attached hydrogens (tertiary/aromatic N) is 1. The third kappa shape index (κ3) is 3.38. The summed E-state index contributed by atoms with van der Waals surface area (Å²) in [6.45, 7) is 4.25. The van der Waals surface area contributed by atoms with Crippen molar-refractivity contribution >= 4 is 5.69 Å². The average Bonchev–Trinajstić information content (AvgIpc) is 2.43. The van der Waals surface area contributed by atoms with Gasteiger partial charge in [-0.25, -0.2) is 4.98 Å². The second kappa shape index (κ2) is 6.23. The number of benzene rings is 1. The SMILES string of the molecule is CCc1nc(C)c(CCOc2ccc(N)cc2)c(=O)[nH]1. The number of ether oxygens (including phenoxy) is 1. The maximum atomic E-state index is 11.9. The topological polar surface area (TPSA) is 81.0 Å². The summed E-state index contributed by atoms with van der Waals surface area (Å²) in [5.41, 5.74) is 7.68. The molecule has 0 atom stereocenters. The lowest BCUT2D eigenvalue weighted by Gasteiger charge is -2.08. The standard InChI is InChI=1S/C15H19N3O2/c1-3-14-17-10(2)13(15(19)18-14)8-9-20-12-6-4-11(16)5-7-12/h4-7H,3,8-9,16H2,1-2H3,(H,17,18,19). The van der Waals surface area contributed by atoms with E-state index >= 15 is 0 Å². The van der Waals surface area contributed by atoms with Crippen LogP contribution in [0.3, 0.4) is 0 Å². The summed E-state index contributed by atoms with van der Waals surface area (Å²) in [4.78, 5) is 19.1. The Bertz CT molecular complexity index is 633. The molecule has 0 fully saturated rings. The molecule has 0 aliphatic heterocycles. The molecule has 0 saturated heterocycles. The number of H-pyrrole nitrogens is 1. The Morgan fingerprint density at radius 2 is 2.00 bits per heavy atom. The van der Waals surface area contributed by atoms with Crippen molar-refractivity contribution in [2.75, 3.05) is 12.3 Å². The van der Waals surface area contributed by atoms with E-state index < -0.39 is 0 Å². The highest BCUT2D eigenvalue weighted by atomic mass is 16.5. The van der Waals surface area contributed by atoms with Crippen molar-refractivity contribution < 1.29 is 4.74 Å². The number of rotatable bonds is 5. The number of nitrogens with two attached hydrogens (primary N) is 1. The summed E-state index contributed by atoms with van der Waals surface area (Å²) >= 11 is 0. The van der Waals surface area contributed by atoms with E-state index in [2.05, 4.69) is 9.97 Å². The Balaban J connectivity index is 2.01. The van der Waals surface area contributed by atoms with Gasteiger partial charge in [0.1, 0.15) is 11.6 Å². The first-order valence-electron chi connectivity index (χ1n) is 6.67. The zero-order chi connectivity index (χ0) is 14.5. The fourth-order valence-electron chi connectivity index (χ4n) is 1.97. The van der Waals surface area contributed by atoms with Crippen LogP contribution < -0.4 is 16.0 Å². The monoisotopic (exact) mass is 273 g/mol. The molecule has 2 aromatic rings. The van der Waals surface area contributed by atoms with E-state index in [0.717, 1.165) is 23.7 Å². The molecule has 2 rings (SSSR count). The molecule has 0 spiro atoms. The molecular weight excluding hydrogens is 254 g/mol. The molecule has 1 aromatic heterocycles. The summed E-state index contributed by atoms with van der Waals surface area (Å²) in [6, 6.07) is 7.19. The molecule has 106 valence electrons. The molecule has 20 heavy (non-hydrogen) atoms. The predicted molar refractivity (Wildman–Crippen MR) is 79.0 cm³/mol. The lowest BCUT2D eigenvalue weighted by Crippen LogP contribution is -2.20. The number of hydrogen-bond acceptors (Lipinski definition) is 4. The summed E-state index contributed by atoms with van der Waals surface area (Å²) in [7, 11) is 0. The van der Waals surface area contributed by atoms with Gasteiger partial charge in [-0.2, -0.15) is 0 Å². The maximum absolute atomic E-state index is 11.9. The van der Waals surface area contributed by atoms with Gasteiger partial charge in [0.2, 0.25) is 0 Å². The van der Waals surface area contributed by atoms with Crippen LogP contribution in [0, 0.1) is 6.92 Å². The molecule has 1 aromatic carbocycles. The zero-order valence-corrected chi connectivity index (χ0v) is 11.8. The van der Waals surface area contributed by atoms with Crippen LogP contribution in [0.25, 0.3) is 0 Å². The highest BCUT2D eigenvalue weighted by Gasteiger charge is 2.07. The summed E-state index contributed by atoms with van der Waals surface area (Å²) in [6.07, 6.45) is 1.25. The number of aromatic nitrogens is 2. The zero-order valence-electron chi connectivity index (χ0n) is 11.8. The number of hydrogen-bond donors (Lipinski definition) is 2. The van der Waals surface area contributed by atoms with Crippen LogP contribution in [0.15, 0.2) is 29.1 Å². The van der Waals surface area contributed by atoms with E-state index in [-0.39, 0.29) is 5.56 Å². The number of aromatic amines is 1. The van der Waals surface area contributed by atoms with Gasteiger partial charge < -0.3 is 15.5 Å². The smallest absolute Gasteiger partial charge is 0.254 e. The number of nitrogen functional groups attached to an aromatic ring is 1. The van der Waals surface area contributed by atoms with E-state index in [1.807, 2.05) is 26.0 Å². The van der Waals surface area contributed by atoms with Crippen molar-refractivity contribution in [1.82, 2.24) is 9.97 Å². The normalized spacial score (nSPS) is 10.5. The molecule has 0 saturated carbocycles. The van der Waals surface area contributed by atoms with Crippen LogP contribution in [0.2, 0.25) is 0 Å². The minimum Gasteiger partial charge on any atom is -0.493 e. The molecule has 0 aliphatic carbocycles. The molecule has 1 heterocycles. The van der Waals surface area contributed by atoms with Gasteiger partial charge in [0.25, 0.3) is 5.56 Å². The number of aryl methyl sites for hydroxylation is 2. The van der Waals surface area contributed by atoms with E-state index in [0.29, 0.717) is 24.3 Å². The lowest BCUT2D eigenvalue weighted by molar-refractivity contribution is 0.321. The van der Waals surface area contributed by atoms with Crippen LogP contribution in [0.1, 0.15) is 24.0 Å². The van der Waals surface area contributed by atoms with E-state index in [9.17, 15) is 4.79 Å². The van der Waals surface area contributed by atoms with Crippen LogP contribution in [-0.2, 0) is 12.8 Å². The first-order valence-corrected chi connectivity index (χ1v) is 6.67. The van der Waals surface area contributed by atoms with Crippen LogP contribution in [0.5, 0.6) is 5.75 Å². The van der Waals surface area contributed by atoms with E-state index in [1.54, 1.807) is 12.1 Å². The van der Waals surface area contributed by atoms with Gasteiger partial charge in [0.05, 0.1) is 6.61 Å². The van der Waals surface area contributed by atoms with E-state index in [4.69, 9.17) is 10.5 Å². The van der Waals surface area contributed by atoms with E-state index in [1.165, 1.54) is 0 Å². The fourth-order valence-corrected chi connectivity index (χ4v) is 1.97. The molecule has 0 aliphatic rings. The van der Waals surface area contributed by atoms with Gasteiger partial charge in [-0.05, 0) is 31.2 Å². The Kier molecular flexibility index (Phi) is 4.40. The largest absolute Gasteiger partial charge is 0.493 e. The molecule has 0 amide bonds. The minimum atomic E-state index is -0.0738. The summed E-state index contributed by atoms with van der Waals surface area (Å²) < 4.78 is 5.60. The van der Waals surface area contributed by atoms with Gasteiger partial charge in [0, 0.05) is 29.8 Å². The maximum Gasteiger partial charge on any atom is 0.254 e. The van der Waals surface area contributed by atoms with Gasteiger partial charge >= 0.3 is 0 Å². The molecule has 0 bridgehead atoms. The first kappa shape index (κ1) is 14.1. The van der Waals surface area contributed by atoms with Crippen molar-refractivity contribution in [2.45, 2.75) is 26.7 Å². The Morgan fingerprint density at radius 1 is 1.30 bits per heavy atom. The molecule has 0 unspecified atom stereocenters. The molecule has 5 heteroatoms. The predicted octanol–water partition coefficient (Wildman–Crippen LogP) is 1.84. The van der Waals surface area contributed by atoms with Gasteiger partial charge in [-0.3, -0.25) is 4.79 Å². The van der Waals surface area contributed by atoms with Crippen LogP contribution >= 0.6 is 0 Å². The van der Waals surface area contributed by atoms with Crippen LogP contribution in [-0.4, -0.2) is 16.6 Å². The quantitative estimate of drug-likeness (QED) is 0.815. The second-order valence-corrected chi connectivity index (χ2v) is 4.60. The Morgan fingerprint density at radius 3 is 2.60 bits per heavy atom. The Hall–Kier alpha value is -2.30. The fraction of sp³-hybridized carbons (Fsp3) is 0.333. The van der Waals surface area contributed by atoms with Gasteiger partial charge in [-0.15, -0.1) is 0 Å². The minimum absolute atomic E-state index is 0.0738. The first-order chi connectivity index (χ1) is 9.60. The highest BCUT2D eigenvalue weighted by Crippen LogP contribution is 2.13. The van der Waals surface area contributed by atoms with Crippen molar-refractivity contribution in [3.8, 4) is 5.75 Å². The summed E-state index contributed by atoms with van der Waals surface area (Å²) in [5, 5.41) is 0. The third-order valence-corrected chi connectivity index (χ3v) is 3.11. The lowest BCUT2D eigenvalue weighted by atomic mass is 10.2. The highest BCUT2D eigenvalue weighted by molar-refractivity contribution is 5.41. The van der Waals surface area contributed by atoms with Crippen molar-refractivity contribution in [1.29, 1.82) is 0 Å². The molecule has 5 nitrogen and oxygen atoms in total. The van der Waals surface area contributed by atoms with Crippen molar-refractivity contribution in [3.63, 3.8) is 0 Å². The van der Waals surface area contributed by atoms with Gasteiger partial charge in [-0.1, -0.05) is 6.92 Å². The second-order valence-electron chi connectivity index (χ2n) is 4.60. The number of anilines is 1. The molecule has 0 radical (unpaired) electrons. The molecular formula is C15H19N3O2. The van der Waals surface area contributed by atoms with Crippen LogP contribution in [0.4, 0.5) is 5.69 Å². The van der Waals surface area contributed by atoms with Gasteiger partial charge in [0.15, 0.2) is 0 Å². The molecule has 3 N–H and O–H groups in total. The third-order valence-electron chi connectivity index (χ3n) is 3.11. The van der Waals surface area contributed by atoms with Crippen molar-refractivity contribution in [2.24, 2.45) is 0 Å². The van der Waals surface area contributed by atoms with Crippen molar-refractivity contribution in [3.05, 3.63) is 51.7 Å². The Labute approximate surface area is 117 Å². The summed E-state index contributed by atoms with van der Waals surface area (Å²) in [5.74, 6) is 1.46.